The lowest BCUT2D eigenvalue weighted by Crippen LogP contribution is -2.32. The number of alkyl halides is 3. The lowest BCUT2D eigenvalue weighted by molar-refractivity contribution is -0.189. The number of ether oxygens (including phenoxy) is 1. The summed E-state index contributed by atoms with van der Waals surface area (Å²) < 4.78 is 60.8. The first kappa shape index (κ1) is 25.5. The van der Waals surface area contributed by atoms with Gasteiger partial charge in [-0.25, -0.2) is 9.18 Å². The van der Waals surface area contributed by atoms with E-state index in [1.807, 2.05) is 0 Å². The molecular formula is C20H16Cl2F4N4O4. The first-order chi connectivity index (χ1) is 15.8. The van der Waals surface area contributed by atoms with Gasteiger partial charge in [0.05, 0.1) is 21.3 Å². The van der Waals surface area contributed by atoms with Crippen LogP contribution < -0.4 is 15.7 Å². The Morgan fingerprint density at radius 2 is 1.88 bits per heavy atom. The zero-order chi connectivity index (χ0) is 25.4. The quantitative estimate of drug-likeness (QED) is 0.475. The summed E-state index contributed by atoms with van der Waals surface area (Å²) in [6.07, 6.45) is -7.21. The molecule has 0 aliphatic rings. The van der Waals surface area contributed by atoms with E-state index in [4.69, 9.17) is 27.9 Å². The number of hydrogen-bond donors (Lipinski definition) is 2. The molecule has 182 valence electrons. The van der Waals surface area contributed by atoms with Crippen LogP contribution in [0.3, 0.4) is 0 Å². The van der Waals surface area contributed by atoms with Crippen molar-refractivity contribution < 1.29 is 32.2 Å². The summed E-state index contributed by atoms with van der Waals surface area (Å²) in [5.41, 5.74) is -2.17. The maximum atomic E-state index is 15.0. The number of hydrogen-bond acceptors (Lipinski definition) is 5. The number of benzene rings is 2. The number of nitrogens with one attached hydrogen (secondary N) is 1. The summed E-state index contributed by atoms with van der Waals surface area (Å²) in [5, 5.41) is 15.4. The van der Waals surface area contributed by atoms with Crippen LogP contribution in [-0.4, -0.2) is 37.6 Å². The number of halogens is 6. The monoisotopic (exact) mass is 522 g/mol. The van der Waals surface area contributed by atoms with Crippen LogP contribution in [0.25, 0.3) is 5.69 Å². The molecule has 0 saturated carbocycles. The van der Waals surface area contributed by atoms with Gasteiger partial charge in [-0.1, -0.05) is 29.3 Å². The number of aliphatic hydroxyl groups is 1. The average Bonchev–Trinajstić information content (AvgIpc) is 3.04. The second-order valence-corrected chi connectivity index (χ2v) is 7.79. The molecule has 34 heavy (non-hydrogen) atoms. The first-order valence-corrected chi connectivity index (χ1v) is 10.2. The Bertz CT molecular complexity index is 1290. The third kappa shape index (κ3) is 5.03. The van der Waals surface area contributed by atoms with Gasteiger partial charge in [0.2, 0.25) is 0 Å². The van der Waals surface area contributed by atoms with Crippen LogP contribution in [0.2, 0.25) is 10.0 Å². The van der Waals surface area contributed by atoms with Crippen LogP contribution >= 0.6 is 23.2 Å². The molecule has 0 aliphatic carbocycles. The Morgan fingerprint density at radius 1 is 1.26 bits per heavy atom. The minimum absolute atomic E-state index is 0.0284. The van der Waals surface area contributed by atoms with E-state index in [0.29, 0.717) is 17.7 Å². The van der Waals surface area contributed by atoms with E-state index in [2.05, 4.69) is 10.4 Å². The molecule has 14 heteroatoms. The Kier molecular flexibility index (Phi) is 7.24. The zero-order valence-electron chi connectivity index (χ0n) is 17.5. The Morgan fingerprint density at radius 3 is 2.41 bits per heavy atom. The molecular weight excluding hydrogens is 507 g/mol. The van der Waals surface area contributed by atoms with Crippen LogP contribution in [0.5, 0.6) is 5.75 Å². The fourth-order valence-electron chi connectivity index (χ4n) is 2.81. The summed E-state index contributed by atoms with van der Waals surface area (Å²) in [4.78, 5) is 25.2. The molecule has 3 rings (SSSR count). The fraction of sp³-hybridized carbons (Fsp3) is 0.250. The molecule has 1 amide bonds. The van der Waals surface area contributed by atoms with Gasteiger partial charge >= 0.3 is 11.9 Å². The minimum atomic E-state index is -4.82. The van der Waals surface area contributed by atoms with Crippen LogP contribution in [0.4, 0.5) is 23.2 Å². The van der Waals surface area contributed by atoms with E-state index in [1.54, 1.807) is 0 Å². The number of carbonyl (C=O) groups excluding carboxylic acids is 1. The third-order valence-electron chi connectivity index (χ3n) is 4.70. The summed E-state index contributed by atoms with van der Waals surface area (Å²) in [6, 6.07) is 5.63. The van der Waals surface area contributed by atoms with E-state index in [9.17, 15) is 32.3 Å². The van der Waals surface area contributed by atoms with Crippen LogP contribution in [-0.2, 0) is 13.7 Å². The molecule has 0 bridgehead atoms. The molecule has 2 N–H and O–H groups in total. The van der Waals surface area contributed by atoms with Gasteiger partial charge in [-0.05, 0) is 25.1 Å². The number of amides is 1. The van der Waals surface area contributed by atoms with E-state index in [0.717, 1.165) is 10.6 Å². The second kappa shape index (κ2) is 9.65. The predicted molar refractivity (Wildman–Crippen MR) is 115 cm³/mol. The van der Waals surface area contributed by atoms with Crippen LogP contribution in [0.1, 0.15) is 23.1 Å². The molecule has 3 aromatic rings. The number of carbonyl (C=O) groups is 1. The number of nitrogens with zero attached hydrogens (tertiary/aromatic N) is 3. The minimum Gasteiger partial charge on any atom is -0.480 e. The maximum absolute atomic E-state index is 15.0. The largest absolute Gasteiger partial charge is 0.480 e. The van der Waals surface area contributed by atoms with E-state index >= 15 is 0 Å². The van der Waals surface area contributed by atoms with Crippen molar-refractivity contribution in [3.05, 3.63) is 68.1 Å². The van der Waals surface area contributed by atoms with Crippen molar-refractivity contribution in [1.82, 2.24) is 14.3 Å². The van der Waals surface area contributed by atoms with E-state index in [-0.39, 0.29) is 21.6 Å². The van der Waals surface area contributed by atoms with E-state index in [1.165, 1.54) is 25.2 Å². The molecule has 0 spiro atoms. The van der Waals surface area contributed by atoms with Gasteiger partial charge in [0.15, 0.2) is 11.9 Å². The highest BCUT2D eigenvalue weighted by molar-refractivity contribution is 6.40. The summed E-state index contributed by atoms with van der Waals surface area (Å²) in [5.74, 6) is -3.07. The molecule has 1 aromatic heterocycles. The molecule has 0 saturated heterocycles. The Hall–Kier alpha value is -3.09. The van der Waals surface area contributed by atoms with Gasteiger partial charge in [-0.2, -0.15) is 17.9 Å². The summed E-state index contributed by atoms with van der Waals surface area (Å²) >= 11 is 12.0. The lowest BCUT2D eigenvalue weighted by atomic mass is 10.1. The smallest absolute Gasteiger partial charge is 0.425 e. The zero-order valence-corrected chi connectivity index (χ0v) is 19.0. The van der Waals surface area contributed by atoms with Gasteiger partial charge in [0.25, 0.3) is 5.91 Å². The first-order valence-electron chi connectivity index (χ1n) is 9.43. The van der Waals surface area contributed by atoms with Crippen LogP contribution in [0.15, 0.2) is 35.1 Å². The number of aromatic nitrogens is 3. The Balaban J connectivity index is 2.14. The van der Waals surface area contributed by atoms with Crippen molar-refractivity contribution in [2.75, 3.05) is 5.32 Å². The molecule has 0 unspecified atom stereocenters. The lowest BCUT2D eigenvalue weighted by Gasteiger charge is -2.20. The van der Waals surface area contributed by atoms with Gasteiger partial charge in [0, 0.05) is 13.1 Å². The summed E-state index contributed by atoms with van der Waals surface area (Å²) in [6.45, 7) is 0.0281. The standard InChI is InChI=1S/C20H16Cl2F4N4O4/c1-9(20(24,25)26)34-15-7-14(30-19(33)29(2)16(8-31)28-30)13(23)6-10(15)18(32)27-17-11(21)4-3-5-12(17)22/h3-7,9,31H,8H2,1-2H3,(H,27,32)/t9-/m0/s1. The Labute approximate surface area is 199 Å². The molecule has 0 radical (unpaired) electrons. The van der Waals surface area contributed by atoms with Crippen molar-refractivity contribution in [3.8, 4) is 11.4 Å². The third-order valence-corrected chi connectivity index (χ3v) is 5.33. The molecule has 0 aliphatic heterocycles. The predicted octanol–water partition coefficient (Wildman–Crippen LogP) is 4.09. The summed E-state index contributed by atoms with van der Waals surface area (Å²) in [7, 11) is 1.26. The van der Waals surface area contributed by atoms with Crippen molar-refractivity contribution in [3.63, 3.8) is 0 Å². The van der Waals surface area contributed by atoms with Crippen molar-refractivity contribution in [2.45, 2.75) is 25.8 Å². The highest BCUT2D eigenvalue weighted by Crippen LogP contribution is 2.33. The number of rotatable bonds is 6. The normalized spacial score (nSPS) is 12.5. The number of aliphatic hydroxyl groups excluding tert-OH is 1. The highest BCUT2D eigenvalue weighted by Gasteiger charge is 2.39. The van der Waals surface area contributed by atoms with Crippen molar-refractivity contribution >= 4 is 34.8 Å². The van der Waals surface area contributed by atoms with Crippen molar-refractivity contribution in [2.24, 2.45) is 7.05 Å². The number of anilines is 1. The molecule has 2 aromatic carbocycles. The van der Waals surface area contributed by atoms with E-state index < -0.39 is 53.3 Å². The van der Waals surface area contributed by atoms with Crippen molar-refractivity contribution in [1.29, 1.82) is 0 Å². The highest BCUT2D eigenvalue weighted by atomic mass is 35.5. The fourth-order valence-corrected chi connectivity index (χ4v) is 3.30. The molecule has 0 fully saturated rings. The molecule has 8 nitrogen and oxygen atoms in total. The van der Waals surface area contributed by atoms with Gasteiger partial charge < -0.3 is 15.2 Å². The molecule has 1 heterocycles. The van der Waals surface area contributed by atoms with Gasteiger partial charge in [-0.3, -0.25) is 9.36 Å². The van der Waals surface area contributed by atoms with Gasteiger partial charge in [0.1, 0.15) is 23.9 Å². The topological polar surface area (TPSA) is 98.4 Å². The number of para-hydroxylation sites is 1. The molecule has 1 atom stereocenters. The average molecular weight is 523 g/mol. The second-order valence-electron chi connectivity index (χ2n) is 6.98. The van der Waals surface area contributed by atoms with Crippen LogP contribution in [0, 0.1) is 5.82 Å². The van der Waals surface area contributed by atoms with Gasteiger partial charge in [-0.15, -0.1) is 5.10 Å². The SMILES string of the molecule is C[C@H](Oc1cc(-n2nc(CO)n(C)c2=O)c(F)cc1C(=O)Nc1c(Cl)cccc1Cl)C(F)(F)F. The maximum Gasteiger partial charge on any atom is 0.425 e.